The van der Waals surface area contributed by atoms with Crippen molar-refractivity contribution in [3.05, 3.63) is 0 Å². The van der Waals surface area contributed by atoms with Gasteiger partial charge in [0.25, 0.3) is 0 Å². The van der Waals surface area contributed by atoms with Crippen molar-refractivity contribution < 1.29 is 18.9 Å². The van der Waals surface area contributed by atoms with Gasteiger partial charge < -0.3 is 15.6 Å². The SMILES string of the molecule is NN=C1CC2C(COP(=O)(O)O)C2C1. The van der Waals surface area contributed by atoms with Gasteiger partial charge in [-0.15, -0.1) is 0 Å². The van der Waals surface area contributed by atoms with Crippen molar-refractivity contribution in [3.8, 4) is 0 Å². The number of fused-ring (bicyclic) bond motifs is 1. The fourth-order valence-electron chi connectivity index (χ4n) is 2.29. The minimum atomic E-state index is -4.30. The predicted molar refractivity (Wildman–Crippen MR) is 49.3 cm³/mol. The lowest BCUT2D eigenvalue weighted by atomic mass is 10.1. The van der Waals surface area contributed by atoms with Crippen LogP contribution in [0.2, 0.25) is 0 Å². The molecule has 0 aliphatic heterocycles. The molecule has 0 amide bonds. The molecule has 2 rings (SSSR count). The summed E-state index contributed by atoms with van der Waals surface area (Å²) in [5.41, 5.74) is 1.01. The highest BCUT2D eigenvalue weighted by Gasteiger charge is 2.55. The summed E-state index contributed by atoms with van der Waals surface area (Å²) in [5.74, 6) is 6.37. The van der Waals surface area contributed by atoms with E-state index in [4.69, 9.17) is 15.6 Å². The number of hydrazone groups is 1. The lowest BCUT2D eigenvalue weighted by molar-refractivity contribution is 0.184. The van der Waals surface area contributed by atoms with Gasteiger partial charge in [-0.05, 0) is 30.6 Å². The molecular weight excluding hydrogens is 207 g/mol. The summed E-state index contributed by atoms with van der Waals surface area (Å²) in [7, 11) is -4.30. The van der Waals surface area contributed by atoms with Gasteiger partial charge >= 0.3 is 7.82 Å². The van der Waals surface area contributed by atoms with E-state index in [1.54, 1.807) is 0 Å². The van der Waals surface area contributed by atoms with E-state index in [1.165, 1.54) is 0 Å². The van der Waals surface area contributed by atoms with E-state index in [1.807, 2.05) is 0 Å². The van der Waals surface area contributed by atoms with E-state index in [9.17, 15) is 4.57 Å². The monoisotopic (exact) mass is 220 g/mol. The van der Waals surface area contributed by atoms with Crippen molar-refractivity contribution in [2.75, 3.05) is 6.61 Å². The van der Waals surface area contributed by atoms with Crippen molar-refractivity contribution in [1.29, 1.82) is 0 Å². The van der Waals surface area contributed by atoms with Crippen LogP contribution < -0.4 is 5.84 Å². The minimum absolute atomic E-state index is 0.150. The second-order valence-corrected chi connectivity index (χ2v) is 5.12. The molecule has 0 spiro atoms. The number of rotatable bonds is 3. The van der Waals surface area contributed by atoms with Gasteiger partial charge in [0.1, 0.15) is 0 Å². The van der Waals surface area contributed by atoms with Crippen LogP contribution in [0.1, 0.15) is 12.8 Å². The number of hydrogen-bond acceptors (Lipinski definition) is 4. The van der Waals surface area contributed by atoms with Crippen LogP contribution in [0.15, 0.2) is 5.10 Å². The van der Waals surface area contributed by atoms with Gasteiger partial charge in [0.15, 0.2) is 0 Å². The normalized spacial score (nSPS) is 35.6. The lowest BCUT2D eigenvalue weighted by Gasteiger charge is -2.06. The van der Waals surface area contributed by atoms with E-state index >= 15 is 0 Å². The topological polar surface area (TPSA) is 105 Å². The molecule has 0 saturated heterocycles. The summed E-state index contributed by atoms with van der Waals surface area (Å²) >= 11 is 0. The van der Waals surface area contributed by atoms with Crippen LogP contribution in [0.3, 0.4) is 0 Å². The molecule has 2 fully saturated rings. The van der Waals surface area contributed by atoms with Crippen molar-refractivity contribution in [2.45, 2.75) is 12.8 Å². The molecule has 14 heavy (non-hydrogen) atoms. The summed E-state index contributed by atoms with van der Waals surface area (Å²) in [4.78, 5) is 17.0. The lowest BCUT2D eigenvalue weighted by Crippen LogP contribution is -2.06. The Morgan fingerprint density at radius 1 is 1.50 bits per heavy atom. The molecule has 7 heteroatoms. The van der Waals surface area contributed by atoms with Gasteiger partial charge in [-0.2, -0.15) is 5.10 Å². The van der Waals surface area contributed by atoms with E-state index in [0.717, 1.165) is 18.6 Å². The van der Waals surface area contributed by atoms with Crippen LogP contribution in [-0.2, 0) is 9.09 Å². The van der Waals surface area contributed by atoms with Gasteiger partial charge in [-0.3, -0.25) is 4.52 Å². The highest BCUT2D eigenvalue weighted by atomic mass is 31.2. The molecule has 0 heterocycles. The maximum Gasteiger partial charge on any atom is 0.469 e. The van der Waals surface area contributed by atoms with Crippen LogP contribution in [-0.4, -0.2) is 22.1 Å². The van der Waals surface area contributed by atoms with Crippen LogP contribution in [0, 0.1) is 17.8 Å². The Hall–Kier alpha value is -0.420. The Morgan fingerprint density at radius 2 is 2.07 bits per heavy atom. The van der Waals surface area contributed by atoms with E-state index in [-0.39, 0.29) is 12.5 Å². The molecule has 2 aliphatic rings. The number of nitrogens with two attached hydrogens (primary N) is 1. The first kappa shape index (κ1) is 10.1. The standard InChI is InChI=1S/C7H13N2O4P/c8-9-4-1-5-6(2-4)7(5)3-13-14(10,11)12/h5-7H,1-3,8H2,(H2,10,11,12). The molecule has 80 valence electrons. The molecule has 0 aromatic heterocycles. The fourth-order valence-corrected chi connectivity index (χ4v) is 2.66. The Kier molecular flexibility index (Phi) is 2.39. The molecule has 2 saturated carbocycles. The van der Waals surface area contributed by atoms with E-state index in [2.05, 4.69) is 9.63 Å². The third-order valence-electron chi connectivity index (χ3n) is 3.07. The molecule has 6 nitrogen and oxygen atoms in total. The Bertz CT molecular complexity index is 299. The zero-order valence-electron chi connectivity index (χ0n) is 7.54. The van der Waals surface area contributed by atoms with Crippen molar-refractivity contribution in [1.82, 2.24) is 0 Å². The summed E-state index contributed by atoms with van der Waals surface area (Å²) in [6, 6.07) is 0. The summed E-state index contributed by atoms with van der Waals surface area (Å²) in [6.45, 7) is 0.150. The maximum absolute atomic E-state index is 10.4. The number of nitrogens with zero attached hydrogens (tertiary/aromatic N) is 1. The molecule has 2 unspecified atom stereocenters. The second kappa shape index (κ2) is 3.31. The summed E-state index contributed by atoms with van der Waals surface area (Å²) in [5, 5.41) is 3.63. The van der Waals surface area contributed by atoms with Crippen LogP contribution in [0.25, 0.3) is 0 Å². The summed E-state index contributed by atoms with van der Waals surface area (Å²) < 4.78 is 14.9. The molecule has 0 radical (unpaired) electrons. The third kappa shape index (κ3) is 1.98. The molecule has 4 N–H and O–H groups in total. The largest absolute Gasteiger partial charge is 0.469 e. The Balaban J connectivity index is 1.77. The third-order valence-corrected chi connectivity index (χ3v) is 3.55. The Morgan fingerprint density at radius 3 is 2.50 bits per heavy atom. The molecule has 2 atom stereocenters. The second-order valence-electron chi connectivity index (χ2n) is 3.88. The predicted octanol–water partition coefficient (Wildman–Crippen LogP) is 0.0664. The van der Waals surface area contributed by atoms with Crippen LogP contribution in [0.4, 0.5) is 0 Å². The average Bonchev–Trinajstić information content (AvgIpc) is 2.56. The minimum Gasteiger partial charge on any atom is -0.323 e. The fraction of sp³-hybridized carbons (Fsp3) is 0.857. The Labute approximate surface area is 81.4 Å². The van der Waals surface area contributed by atoms with E-state index in [0.29, 0.717) is 11.8 Å². The number of phosphoric ester groups is 1. The first-order chi connectivity index (χ1) is 6.51. The summed E-state index contributed by atoms with van der Waals surface area (Å²) in [6.07, 6.45) is 1.71. The zero-order valence-corrected chi connectivity index (χ0v) is 8.43. The molecule has 0 aromatic carbocycles. The highest BCUT2D eigenvalue weighted by Crippen LogP contribution is 2.57. The number of hydrogen-bond donors (Lipinski definition) is 3. The maximum atomic E-state index is 10.4. The van der Waals surface area contributed by atoms with Crippen LogP contribution in [0.5, 0.6) is 0 Å². The van der Waals surface area contributed by atoms with Crippen molar-refractivity contribution in [2.24, 2.45) is 28.7 Å². The van der Waals surface area contributed by atoms with Gasteiger partial charge in [-0.1, -0.05) is 0 Å². The van der Waals surface area contributed by atoms with Crippen LogP contribution >= 0.6 is 7.82 Å². The van der Waals surface area contributed by atoms with Gasteiger partial charge in [0.2, 0.25) is 0 Å². The smallest absolute Gasteiger partial charge is 0.323 e. The average molecular weight is 220 g/mol. The quantitative estimate of drug-likeness (QED) is 0.354. The van der Waals surface area contributed by atoms with Gasteiger partial charge in [0, 0.05) is 5.71 Å². The molecular formula is C7H13N2O4P. The molecule has 2 aliphatic carbocycles. The molecule has 0 aromatic rings. The first-order valence-corrected chi connectivity index (χ1v) is 6.00. The van der Waals surface area contributed by atoms with Crippen molar-refractivity contribution >= 4 is 13.5 Å². The van der Waals surface area contributed by atoms with Crippen molar-refractivity contribution in [3.63, 3.8) is 0 Å². The highest BCUT2D eigenvalue weighted by molar-refractivity contribution is 7.46. The molecule has 0 bridgehead atoms. The zero-order chi connectivity index (χ0) is 10.3. The number of phosphoric acid groups is 1. The van der Waals surface area contributed by atoms with Gasteiger partial charge in [-0.25, -0.2) is 4.57 Å². The first-order valence-electron chi connectivity index (χ1n) is 4.47. The van der Waals surface area contributed by atoms with E-state index < -0.39 is 7.82 Å². The van der Waals surface area contributed by atoms with Gasteiger partial charge in [0.05, 0.1) is 6.61 Å².